The number of nitrogens with zero attached hydrogens (tertiary/aromatic N) is 1. The largest absolute Gasteiger partial charge is 0.362 e. The summed E-state index contributed by atoms with van der Waals surface area (Å²) in [6.07, 6.45) is 4.36. The van der Waals surface area contributed by atoms with E-state index in [-0.39, 0.29) is 5.92 Å². The van der Waals surface area contributed by atoms with E-state index in [9.17, 15) is 4.79 Å². The molecule has 1 saturated heterocycles. The maximum atomic E-state index is 12.9. The van der Waals surface area contributed by atoms with Crippen LogP contribution in [0.5, 0.6) is 0 Å². The van der Waals surface area contributed by atoms with Crippen LogP contribution in [0.2, 0.25) is 0 Å². The van der Waals surface area contributed by atoms with Gasteiger partial charge in [-0.25, -0.2) is 0 Å². The van der Waals surface area contributed by atoms with Gasteiger partial charge in [0.05, 0.1) is 0 Å². The molecule has 1 aromatic rings. The second-order valence-corrected chi connectivity index (χ2v) is 6.32. The van der Waals surface area contributed by atoms with Crippen molar-refractivity contribution < 1.29 is 4.79 Å². The molecule has 0 unspecified atom stereocenters. The molecule has 3 heteroatoms. The lowest BCUT2D eigenvalue weighted by Gasteiger charge is -2.38. The molecular weight excluding hydrogens is 236 g/mol. The lowest BCUT2D eigenvalue weighted by atomic mass is 9.72. The second kappa shape index (κ2) is 4.78. The standard InChI is InChI=1S/C16H24N2O/c1-4-5-12-10(2)17-14-8-11-6-7-18(3)9-13(11)16(19)15(12)14/h11,13,17H,4-9H2,1-3H3/t11-,13+/m0/s1. The average molecular weight is 260 g/mol. The average Bonchev–Trinajstić information content (AvgIpc) is 2.68. The third-order valence-electron chi connectivity index (χ3n) is 4.90. The molecule has 3 rings (SSSR count). The van der Waals surface area contributed by atoms with Crippen LogP contribution in [0.15, 0.2) is 0 Å². The fourth-order valence-electron chi connectivity index (χ4n) is 3.90. The van der Waals surface area contributed by atoms with Gasteiger partial charge in [-0.1, -0.05) is 13.3 Å². The van der Waals surface area contributed by atoms with E-state index >= 15 is 0 Å². The third kappa shape index (κ3) is 2.04. The second-order valence-electron chi connectivity index (χ2n) is 6.32. The molecule has 1 N–H and O–H groups in total. The molecule has 104 valence electrons. The Kier molecular flexibility index (Phi) is 3.25. The van der Waals surface area contributed by atoms with E-state index in [1.165, 1.54) is 17.0 Å². The van der Waals surface area contributed by atoms with Crippen molar-refractivity contribution in [1.82, 2.24) is 9.88 Å². The van der Waals surface area contributed by atoms with E-state index in [1.54, 1.807) is 0 Å². The van der Waals surface area contributed by atoms with E-state index < -0.39 is 0 Å². The van der Waals surface area contributed by atoms with Crippen molar-refractivity contribution in [2.75, 3.05) is 20.1 Å². The van der Waals surface area contributed by atoms with Crippen LogP contribution in [-0.2, 0) is 12.8 Å². The molecule has 1 aliphatic carbocycles. The summed E-state index contributed by atoms with van der Waals surface area (Å²) in [5.41, 5.74) is 4.77. The maximum Gasteiger partial charge on any atom is 0.169 e. The molecule has 0 radical (unpaired) electrons. The first kappa shape index (κ1) is 12.9. The third-order valence-corrected chi connectivity index (χ3v) is 4.90. The fraction of sp³-hybridized carbons (Fsp3) is 0.688. The van der Waals surface area contributed by atoms with Crippen LogP contribution < -0.4 is 0 Å². The lowest BCUT2D eigenvalue weighted by Crippen LogP contribution is -2.45. The Morgan fingerprint density at radius 2 is 2.21 bits per heavy atom. The number of H-pyrrole nitrogens is 1. The number of nitrogens with one attached hydrogen (secondary N) is 1. The van der Waals surface area contributed by atoms with E-state index in [1.807, 2.05) is 0 Å². The number of ketones is 1. The number of aryl methyl sites for hydroxylation is 1. The summed E-state index contributed by atoms with van der Waals surface area (Å²) in [7, 11) is 2.13. The predicted molar refractivity (Wildman–Crippen MR) is 76.7 cm³/mol. The van der Waals surface area contributed by atoms with Crippen molar-refractivity contribution in [3.63, 3.8) is 0 Å². The number of piperidine rings is 1. The van der Waals surface area contributed by atoms with Gasteiger partial charge in [0.25, 0.3) is 0 Å². The zero-order valence-corrected chi connectivity index (χ0v) is 12.3. The minimum Gasteiger partial charge on any atom is -0.362 e. The molecule has 0 saturated carbocycles. The Labute approximate surface area is 115 Å². The Hall–Kier alpha value is -1.09. The van der Waals surface area contributed by atoms with Crippen LogP contribution in [0.25, 0.3) is 0 Å². The van der Waals surface area contributed by atoms with Crippen LogP contribution in [0.3, 0.4) is 0 Å². The van der Waals surface area contributed by atoms with Crippen molar-refractivity contribution >= 4 is 5.78 Å². The number of Topliss-reactive ketones (excluding diaryl/α,β-unsaturated/α-hetero) is 1. The van der Waals surface area contributed by atoms with Gasteiger partial charge in [-0.3, -0.25) is 4.79 Å². The zero-order chi connectivity index (χ0) is 13.6. The molecule has 1 aliphatic heterocycles. The predicted octanol–water partition coefficient (Wildman–Crippen LogP) is 2.58. The minimum atomic E-state index is 0.233. The molecule has 2 aliphatic rings. The summed E-state index contributed by atoms with van der Waals surface area (Å²) in [5, 5.41) is 0. The molecular formula is C16H24N2O. The molecule has 1 aromatic heterocycles. The number of carbonyl (C=O) groups is 1. The van der Waals surface area contributed by atoms with Gasteiger partial charge in [-0.2, -0.15) is 0 Å². The highest BCUT2D eigenvalue weighted by molar-refractivity contribution is 6.02. The van der Waals surface area contributed by atoms with Crippen molar-refractivity contribution in [3.8, 4) is 0 Å². The molecule has 0 amide bonds. The Morgan fingerprint density at radius 1 is 1.42 bits per heavy atom. The number of rotatable bonds is 2. The molecule has 0 aromatic carbocycles. The van der Waals surface area contributed by atoms with Gasteiger partial charge in [-0.05, 0) is 51.3 Å². The van der Waals surface area contributed by atoms with Crippen LogP contribution in [0.1, 0.15) is 47.1 Å². The highest BCUT2D eigenvalue weighted by atomic mass is 16.1. The number of fused-ring (bicyclic) bond motifs is 2. The molecule has 19 heavy (non-hydrogen) atoms. The topological polar surface area (TPSA) is 36.1 Å². The van der Waals surface area contributed by atoms with Crippen molar-refractivity contribution in [2.24, 2.45) is 11.8 Å². The zero-order valence-electron chi connectivity index (χ0n) is 12.3. The molecule has 0 bridgehead atoms. The summed E-state index contributed by atoms with van der Waals surface area (Å²) < 4.78 is 0. The number of hydrogen-bond acceptors (Lipinski definition) is 2. The van der Waals surface area contributed by atoms with E-state index in [2.05, 4.69) is 30.8 Å². The Balaban J connectivity index is 2.00. The van der Waals surface area contributed by atoms with Gasteiger partial charge < -0.3 is 9.88 Å². The Morgan fingerprint density at radius 3 is 2.95 bits per heavy atom. The number of carbonyl (C=O) groups excluding carboxylic acids is 1. The maximum absolute atomic E-state index is 12.9. The van der Waals surface area contributed by atoms with Crippen molar-refractivity contribution in [3.05, 3.63) is 22.5 Å². The summed E-state index contributed by atoms with van der Waals surface area (Å²) in [6, 6.07) is 0. The molecule has 1 fully saturated rings. The summed E-state index contributed by atoms with van der Waals surface area (Å²) in [5.74, 6) is 1.20. The van der Waals surface area contributed by atoms with E-state index in [0.29, 0.717) is 11.7 Å². The lowest BCUT2D eigenvalue weighted by molar-refractivity contribution is 0.0705. The molecule has 2 heterocycles. The quantitative estimate of drug-likeness (QED) is 0.887. The first-order valence-corrected chi connectivity index (χ1v) is 7.54. The molecule has 0 spiro atoms. The smallest absolute Gasteiger partial charge is 0.169 e. The molecule has 3 nitrogen and oxygen atoms in total. The summed E-state index contributed by atoms with van der Waals surface area (Å²) in [6.45, 7) is 6.37. The highest BCUT2D eigenvalue weighted by Gasteiger charge is 2.40. The Bertz CT molecular complexity index is 503. The minimum absolute atomic E-state index is 0.233. The van der Waals surface area contributed by atoms with Crippen LogP contribution in [0, 0.1) is 18.8 Å². The normalized spacial score (nSPS) is 27.2. The summed E-state index contributed by atoms with van der Waals surface area (Å²) in [4.78, 5) is 18.7. The van der Waals surface area contributed by atoms with Crippen LogP contribution in [-0.4, -0.2) is 35.8 Å². The highest BCUT2D eigenvalue weighted by Crippen LogP contribution is 2.37. The number of likely N-dealkylation sites (tertiary alicyclic amines) is 1. The number of aromatic nitrogens is 1. The van der Waals surface area contributed by atoms with Gasteiger partial charge >= 0.3 is 0 Å². The van der Waals surface area contributed by atoms with E-state index in [4.69, 9.17) is 0 Å². The van der Waals surface area contributed by atoms with Crippen molar-refractivity contribution in [2.45, 2.75) is 39.5 Å². The first-order valence-electron chi connectivity index (χ1n) is 7.54. The SMILES string of the molecule is CCCc1c(C)[nH]c2c1C(=O)[C@@H]1CN(C)CC[C@H]1C2. The van der Waals surface area contributed by atoms with Gasteiger partial charge in [0.15, 0.2) is 5.78 Å². The summed E-state index contributed by atoms with van der Waals surface area (Å²) >= 11 is 0. The van der Waals surface area contributed by atoms with Crippen LogP contribution in [0.4, 0.5) is 0 Å². The first-order chi connectivity index (χ1) is 9.11. The molecule has 2 atom stereocenters. The van der Waals surface area contributed by atoms with Crippen molar-refractivity contribution in [1.29, 1.82) is 0 Å². The van der Waals surface area contributed by atoms with Gasteiger partial charge in [0.1, 0.15) is 0 Å². The monoisotopic (exact) mass is 260 g/mol. The van der Waals surface area contributed by atoms with E-state index in [0.717, 1.165) is 44.3 Å². The number of hydrogen-bond donors (Lipinski definition) is 1. The number of aromatic amines is 1. The van der Waals surface area contributed by atoms with Gasteiger partial charge in [0, 0.05) is 29.4 Å². The van der Waals surface area contributed by atoms with Gasteiger partial charge in [0.2, 0.25) is 0 Å². The van der Waals surface area contributed by atoms with Crippen LogP contribution >= 0.6 is 0 Å². The van der Waals surface area contributed by atoms with Gasteiger partial charge in [-0.15, -0.1) is 0 Å². The fourth-order valence-corrected chi connectivity index (χ4v) is 3.90.